The number of amides is 1. The average Bonchev–Trinajstić information content (AvgIpc) is 2.28. The summed E-state index contributed by atoms with van der Waals surface area (Å²) in [4.78, 5) is 23.8. The quantitative estimate of drug-likeness (QED) is 0.767. The first-order valence-corrected chi connectivity index (χ1v) is 5.25. The maximum absolute atomic E-state index is 12.0. The Morgan fingerprint density at radius 1 is 1.41 bits per heavy atom. The van der Waals surface area contributed by atoms with Crippen LogP contribution in [0.2, 0.25) is 0 Å². The molecule has 5 heteroatoms. The number of rotatable bonds is 4. The van der Waals surface area contributed by atoms with Crippen molar-refractivity contribution in [2.75, 3.05) is 19.3 Å². The Morgan fingerprint density at radius 3 is 2.65 bits per heavy atom. The van der Waals surface area contributed by atoms with Gasteiger partial charge in [-0.2, -0.15) is 0 Å². The van der Waals surface area contributed by atoms with Crippen LogP contribution in [-0.4, -0.2) is 35.5 Å². The molecule has 1 aromatic carbocycles. The Labute approximate surface area is 99.8 Å². The topological polar surface area (TPSA) is 83.6 Å². The first-order chi connectivity index (χ1) is 7.91. The standard InChI is InChI=1S/C12H16N2O3/c1-8-3-4-10(13)9(7-8)12(17)14(2)6-5-11(15)16/h3-4,7H,5-6,13H2,1-2H3,(H,15,16). The summed E-state index contributed by atoms with van der Waals surface area (Å²) in [6.45, 7) is 2.04. The normalized spacial score (nSPS) is 10.0. The number of hydrogen-bond acceptors (Lipinski definition) is 3. The van der Waals surface area contributed by atoms with E-state index in [-0.39, 0.29) is 18.9 Å². The van der Waals surface area contributed by atoms with Gasteiger partial charge in [0.2, 0.25) is 0 Å². The Balaban J connectivity index is 2.81. The maximum atomic E-state index is 12.0. The van der Waals surface area contributed by atoms with E-state index in [1.807, 2.05) is 13.0 Å². The zero-order valence-electron chi connectivity index (χ0n) is 9.93. The van der Waals surface area contributed by atoms with Crippen LogP contribution < -0.4 is 5.73 Å². The van der Waals surface area contributed by atoms with Gasteiger partial charge in [-0.3, -0.25) is 9.59 Å². The van der Waals surface area contributed by atoms with Gasteiger partial charge < -0.3 is 15.7 Å². The van der Waals surface area contributed by atoms with E-state index in [9.17, 15) is 9.59 Å². The van der Waals surface area contributed by atoms with Gasteiger partial charge in [0.05, 0.1) is 12.0 Å². The molecule has 0 bridgehead atoms. The lowest BCUT2D eigenvalue weighted by Crippen LogP contribution is -2.29. The number of hydrogen-bond donors (Lipinski definition) is 2. The van der Waals surface area contributed by atoms with Gasteiger partial charge in [0, 0.05) is 19.3 Å². The van der Waals surface area contributed by atoms with E-state index in [0.717, 1.165) is 5.56 Å². The first-order valence-electron chi connectivity index (χ1n) is 5.25. The van der Waals surface area contributed by atoms with Crippen LogP contribution in [0.1, 0.15) is 22.3 Å². The molecule has 5 nitrogen and oxygen atoms in total. The van der Waals surface area contributed by atoms with Crippen LogP contribution in [0, 0.1) is 6.92 Å². The second kappa shape index (κ2) is 5.34. The fourth-order valence-electron chi connectivity index (χ4n) is 1.43. The third-order valence-corrected chi connectivity index (χ3v) is 2.45. The predicted octanol–water partition coefficient (Wildman–Crippen LogP) is 1.12. The maximum Gasteiger partial charge on any atom is 0.305 e. The van der Waals surface area contributed by atoms with E-state index in [0.29, 0.717) is 11.3 Å². The van der Waals surface area contributed by atoms with Crippen molar-refractivity contribution in [1.29, 1.82) is 0 Å². The van der Waals surface area contributed by atoms with Crippen molar-refractivity contribution in [2.24, 2.45) is 0 Å². The summed E-state index contributed by atoms with van der Waals surface area (Å²) >= 11 is 0. The zero-order chi connectivity index (χ0) is 13.0. The van der Waals surface area contributed by atoms with Crippen LogP contribution in [-0.2, 0) is 4.79 Å². The van der Waals surface area contributed by atoms with Crippen molar-refractivity contribution in [3.8, 4) is 0 Å². The minimum absolute atomic E-state index is 0.0754. The molecule has 0 fully saturated rings. The molecule has 0 atom stereocenters. The molecular weight excluding hydrogens is 220 g/mol. The Hall–Kier alpha value is -2.04. The Morgan fingerprint density at radius 2 is 2.06 bits per heavy atom. The highest BCUT2D eigenvalue weighted by Gasteiger charge is 2.15. The molecule has 1 aromatic rings. The van der Waals surface area contributed by atoms with Crippen molar-refractivity contribution in [1.82, 2.24) is 4.90 Å². The number of benzene rings is 1. The minimum atomic E-state index is -0.929. The molecule has 0 aliphatic rings. The fraction of sp³-hybridized carbons (Fsp3) is 0.333. The summed E-state index contributed by atoms with van der Waals surface area (Å²) in [5.41, 5.74) is 7.48. The summed E-state index contributed by atoms with van der Waals surface area (Å²) in [7, 11) is 1.56. The van der Waals surface area contributed by atoms with Gasteiger partial charge >= 0.3 is 5.97 Å². The number of carboxylic acid groups (broad SMARTS) is 1. The lowest BCUT2D eigenvalue weighted by Gasteiger charge is -2.17. The SMILES string of the molecule is Cc1ccc(N)c(C(=O)N(C)CCC(=O)O)c1. The summed E-state index contributed by atoms with van der Waals surface area (Å²) in [6.07, 6.45) is -0.0754. The first kappa shape index (κ1) is 13.0. The molecule has 0 saturated carbocycles. The van der Waals surface area contributed by atoms with E-state index in [4.69, 9.17) is 10.8 Å². The number of anilines is 1. The fourth-order valence-corrected chi connectivity index (χ4v) is 1.43. The van der Waals surface area contributed by atoms with Crippen LogP contribution in [0.5, 0.6) is 0 Å². The molecule has 92 valence electrons. The number of nitrogens with two attached hydrogens (primary N) is 1. The Bertz CT molecular complexity index is 443. The highest BCUT2D eigenvalue weighted by Crippen LogP contribution is 2.15. The molecule has 0 radical (unpaired) electrons. The number of aryl methyl sites for hydroxylation is 1. The smallest absolute Gasteiger partial charge is 0.305 e. The molecule has 0 spiro atoms. The molecule has 17 heavy (non-hydrogen) atoms. The number of nitrogens with zero attached hydrogens (tertiary/aromatic N) is 1. The third kappa shape index (κ3) is 3.48. The number of carbonyl (C=O) groups excluding carboxylic acids is 1. The van der Waals surface area contributed by atoms with Gasteiger partial charge in [0.25, 0.3) is 5.91 Å². The van der Waals surface area contributed by atoms with E-state index >= 15 is 0 Å². The summed E-state index contributed by atoms with van der Waals surface area (Å²) < 4.78 is 0. The van der Waals surface area contributed by atoms with Crippen molar-refractivity contribution in [2.45, 2.75) is 13.3 Å². The van der Waals surface area contributed by atoms with E-state index in [2.05, 4.69) is 0 Å². The number of carboxylic acids is 1. The van der Waals surface area contributed by atoms with Crippen molar-refractivity contribution in [3.63, 3.8) is 0 Å². The monoisotopic (exact) mass is 236 g/mol. The van der Waals surface area contributed by atoms with Gasteiger partial charge in [-0.25, -0.2) is 0 Å². The summed E-state index contributed by atoms with van der Waals surface area (Å²) in [5, 5.41) is 8.55. The van der Waals surface area contributed by atoms with Gasteiger partial charge in [0.1, 0.15) is 0 Å². The molecule has 0 aliphatic carbocycles. The van der Waals surface area contributed by atoms with Crippen LogP contribution in [0.4, 0.5) is 5.69 Å². The van der Waals surface area contributed by atoms with Crippen LogP contribution in [0.15, 0.2) is 18.2 Å². The predicted molar refractivity (Wildman–Crippen MR) is 64.8 cm³/mol. The second-order valence-corrected chi connectivity index (χ2v) is 3.96. The summed E-state index contributed by atoms with van der Waals surface area (Å²) in [5.74, 6) is -1.19. The van der Waals surface area contributed by atoms with E-state index in [1.54, 1.807) is 19.2 Å². The molecule has 3 N–H and O–H groups in total. The molecular formula is C12H16N2O3. The molecule has 0 heterocycles. The molecule has 0 saturated heterocycles. The molecule has 1 rings (SSSR count). The van der Waals surface area contributed by atoms with Gasteiger partial charge in [-0.15, -0.1) is 0 Å². The lowest BCUT2D eigenvalue weighted by atomic mass is 10.1. The van der Waals surface area contributed by atoms with Gasteiger partial charge in [0.15, 0.2) is 0 Å². The number of aliphatic carboxylic acids is 1. The Kier molecular flexibility index (Phi) is 4.09. The van der Waals surface area contributed by atoms with Crippen molar-refractivity contribution in [3.05, 3.63) is 29.3 Å². The van der Waals surface area contributed by atoms with Crippen LogP contribution in [0.3, 0.4) is 0 Å². The number of nitrogen functional groups attached to an aromatic ring is 1. The molecule has 0 aromatic heterocycles. The van der Waals surface area contributed by atoms with Gasteiger partial charge in [-0.1, -0.05) is 11.6 Å². The van der Waals surface area contributed by atoms with Crippen molar-refractivity contribution < 1.29 is 14.7 Å². The van der Waals surface area contributed by atoms with Gasteiger partial charge in [-0.05, 0) is 19.1 Å². The summed E-state index contributed by atoms with van der Waals surface area (Å²) in [6, 6.07) is 5.20. The molecule has 0 aliphatic heterocycles. The second-order valence-electron chi connectivity index (χ2n) is 3.96. The number of carbonyl (C=O) groups is 2. The lowest BCUT2D eigenvalue weighted by molar-refractivity contribution is -0.137. The largest absolute Gasteiger partial charge is 0.481 e. The minimum Gasteiger partial charge on any atom is -0.481 e. The van der Waals surface area contributed by atoms with E-state index < -0.39 is 5.97 Å². The third-order valence-electron chi connectivity index (χ3n) is 2.45. The van der Waals surface area contributed by atoms with E-state index in [1.165, 1.54) is 4.90 Å². The molecule has 1 amide bonds. The van der Waals surface area contributed by atoms with Crippen molar-refractivity contribution >= 4 is 17.6 Å². The zero-order valence-corrected chi connectivity index (χ0v) is 9.93. The average molecular weight is 236 g/mol. The van der Waals surface area contributed by atoms with Crippen LogP contribution >= 0.6 is 0 Å². The molecule has 0 unspecified atom stereocenters. The highest BCUT2D eigenvalue weighted by atomic mass is 16.4. The van der Waals surface area contributed by atoms with Crippen LogP contribution in [0.25, 0.3) is 0 Å². The highest BCUT2D eigenvalue weighted by molar-refractivity contribution is 5.99.